The van der Waals surface area contributed by atoms with Crippen LogP contribution in [0, 0.1) is 0 Å². The molecule has 0 aromatic rings. The fourth-order valence-electron chi connectivity index (χ4n) is 10.3. The largest absolute Gasteiger partial charge is 0.462 e. The van der Waals surface area contributed by atoms with E-state index >= 15 is 0 Å². The zero-order valence-corrected chi connectivity index (χ0v) is 54.1. The van der Waals surface area contributed by atoms with Crippen molar-refractivity contribution in [3.05, 3.63) is 72.9 Å². The molecular formula is C75H134O6. The Kier molecular flexibility index (Phi) is 66.6. The van der Waals surface area contributed by atoms with Crippen LogP contribution in [0.5, 0.6) is 0 Å². The molecule has 470 valence electrons. The van der Waals surface area contributed by atoms with Crippen molar-refractivity contribution in [1.82, 2.24) is 0 Å². The van der Waals surface area contributed by atoms with Gasteiger partial charge in [-0.25, -0.2) is 0 Å². The molecule has 0 aromatic heterocycles. The topological polar surface area (TPSA) is 78.9 Å². The molecule has 0 radical (unpaired) electrons. The van der Waals surface area contributed by atoms with E-state index in [4.69, 9.17) is 14.2 Å². The van der Waals surface area contributed by atoms with Gasteiger partial charge in [0.25, 0.3) is 0 Å². The Hall–Kier alpha value is -3.15. The summed E-state index contributed by atoms with van der Waals surface area (Å²) in [7, 11) is 0. The maximum absolute atomic E-state index is 13.0. The van der Waals surface area contributed by atoms with Crippen LogP contribution in [-0.2, 0) is 28.6 Å². The average Bonchev–Trinajstić information content (AvgIpc) is 3.47. The highest BCUT2D eigenvalue weighted by Crippen LogP contribution is 2.18. The van der Waals surface area contributed by atoms with Gasteiger partial charge in [-0.15, -0.1) is 0 Å². The van der Waals surface area contributed by atoms with Gasteiger partial charge >= 0.3 is 17.9 Å². The van der Waals surface area contributed by atoms with Gasteiger partial charge in [0.05, 0.1) is 0 Å². The Morgan fingerprint density at radius 1 is 0.247 bits per heavy atom. The second kappa shape index (κ2) is 69.3. The number of carbonyl (C=O) groups is 3. The lowest BCUT2D eigenvalue weighted by Crippen LogP contribution is -2.30. The predicted octanol–water partition coefficient (Wildman–Crippen LogP) is 24.4. The zero-order valence-electron chi connectivity index (χ0n) is 54.1. The molecule has 0 bridgehead atoms. The van der Waals surface area contributed by atoms with Gasteiger partial charge in [-0.3, -0.25) is 14.4 Å². The van der Waals surface area contributed by atoms with Gasteiger partial charge in [0.1, 0.15) is 13.2 Å². The van der Waals surface area contributed by atoms with Gasteiger partial charge < -0.3 is 14.2 Å². The van der Waals surface area contributed by atoms with Crippen LogP contribution in [0.3, 0.4) is 0 Å². The molecule has 0 saturated heterocycles. The highest BCUT2D eigenvalue weighted by Gasteiger charge is 2.19. The first-order valence-corrected chi connectivity index (χ1v) is 35.4. The minimum absolute atomic E-state index is 0.0774. The van der Waals surface area contributed by atoms with E-state index in [1.807, 2.05) is 0 Å². The van der Waals surface area contributed by atoms with Crippen molar-refractivity contribution in [1.29, 1.82) is 0 Å². The van der Waals surface area contributed by atoms with Gasteiger partial charge in [-0.1, -0.05) is 325 Å². The third-order valence-electron chi connectivity index (χ3n) is 15.7. The van der Waals surface area contributed by atoms with Crippen LogP contribution in [0.25, 0.3) is 0 Å². The molecule has 0 aliphatic rings. The molecule has 0 aliphatic carbocycles. The average molecular weight is 1130 g/mol. The molecule has 0 rings (SSSR count). The van der Waals surface area contributed by atoms with Gasteiger partial charge in [-0.05, 0) is 96.3 Å². The molecule has 1 unspecified atom stereocenters. The molecule has 0 fully saturated rings. The maximum atomic E-state index is 13.0. The Balaban J connectivity index is 4.33. The van der Waals surface area contributed by atoms with Gasteiger partial charge in [0, 0.05) is 19.3 Å². The normalized spacial score (nSPS) is 12.5. The van der Waals surface area contributed by atoms with E-state index < -0.39 is 6.10 Å². The summed E-state index contributed by atoms with van der Waals surface area (Å²) in [4.78, 5) is 38.5. The van der Waals surface area contributed by atoms with Gasteiger partial charge in [0.15, 0.2) is 6.10 Å². The molecule has 1 atom stereocenters. The van der Waals surface area contributed by atoms with Crippen molar-refractivity contribution in [2.45, 2.75) is 374 Å². The summed E-state index contributed by atoms with van der Waals surface area (Å²) in [6.07, 6.45) is 90.6. The first kappa shape index (κ1) is 77.9. The van der Waals surface area contributed by atoms with Crippen molar-refractivity contribution < 1.29 is 28.6 Å². The lowest BCUT2D eigenvalue weighted by atomic mass is 10.0. The summed E-state index contributed by atoms with van der Waals surface area (Å²) < 4.78 is 17.0. The van der Waals surface area contributed by atoms with E-state index in [1.54, 1.807) is 0 Å². The summed E-state index contributed by atoms with van der Waals surface area (Å²) in [5, 5.41) is 0. The fraction of sp³-hybridized carbons (Fsp3) is 0.800. The molecule has 0 aliphatic heterocycles. The van der Waals surface area contributed by atoms with Crippen LogP contribution in [-0.4, -0.2) is 37.2 Å². The summed E-state index contributed by atoms with van der Waals surface area (Å²) in [5.74, 6) is -0.870. The second-order valence-electron chi connectivity index (χ2n) is 23.8. The molecule has 0 heterocycles. The number of esters is 3. The van der Waals surface area contributed by atoms with Gasteiger partial charge in [0.2, 0.25) is 0 Å². The van der Waals surface area contributed by atoms with Crippen LogP contribution >= 0.6 is 0 Å². The smallest absolute Gasteiger partial charge is 0.306 e. The summed E-state index contributed by atoms with van der Waals surface area (Å²) in [5.41, 5.74) is 0. The first-order valence-electron chi connectivity index (χ1n) is 35.4. The Morgan fingerprint density at radius 2 is 0.444 bits per heavy atom. The molecule has 0 saturated carbocycles. The molecule has 0 amide bonds. The number of unbranched alkanes of at least 4 members (excludes halogenated alkanes) is 42. The van der Waals surface area contributed by atoms with Crippen molar-refractivity contribution in [2.75, 3.05) is 13.2 Å². The summed E-state index contributed by atoms with van der Waals surface area (Å²) in [6.45, 7) is 6.65. The SMILES string of the molecule is CCCCC/C=C\C/C=C\C/C=C\CCCCCCCCC(=O)OC(COC(=O)CCCCCCCCCCCCCC/C=C\C/C=C\C/C=C\CCCCCCC)COC(=O)CCCCCCCCCCCCCCCCCCC. The minimum atomic E-state index is -0.784. The minimum Gasteiger partial charge on any atom is -0.462 e. The van der Waals surface area contributed by atoms with Crippen LogP contribution in [0.4, 0.5) is 0 Å². The number of allylic oxidation sites excluding steroid dienone is 12. The molecule has 81 heavy (non-hydrogen) atoms. The van der Waals surface area contributed by atoms with E-state index in [-0.39, 0.29) is 31.1 Å². The summed E-state index contributed by atoms with van der Waals surface area (Å²) >= 11 is 0. The molecular weight excluding hydrogens is 997 g/mol. The third kappa shape index (κ3) is 67.5. The highest BCUT2D eigenvalue weighted by molar-refractivity contribution is 5.71. The number of ether oxygens (including phenoxy) is 3. The molecule has 6 nitrogen and oxygen atoms in total. The molecule has 0 spiro atoms. The van der Waals surface area contributed by atoms with Crippen molar-refractivity contribution in [2.24, 2.45) is 0 Å². The van der Waals surface area contributed by atoms with Crippen LogP contribution < -0.4 is 0 Å². The quantitative estimate of drug-likeness (QED) is 0.0261. The van der Waals surface area contributed by atoms with E-state index in [9.17, 15) is 14.4 Å². The number of hydrogen-bond acceptors (Lipinski definition) is 6. The first-order chi connectivity index (χ1) is 40.0. The number of rotatable bonds is 65. The monoisotopic (exact) mass is 1130 g/mol. The summed E-state index contributed by atoms with van der Waals surface area (Å²) in [6, 6.07) is 0. The van der Waals surface area contributed by atoms with E-state index in [0.717, 1.165) is 96.3 Å². The highest BCUT2D eigenvalue weighted by atomic mass is 16.6. The zero-order chi connectivity index (χ0) is 58.5. The van der Waals surface area contributed by atoms with Crippen molar-refractivity contribution in [3.63, 3.8) is 0 Å². The molecule has 0 N–H and O–H groups in total. The van der Waals surface area contributed by atoms with E-state index in [0.29, 0.717) is 19.3 Å². The molecule has 6 heteroatoms. The van der Waals surface area contributed by atoms with E-state index in [2.05, 4.69) is 93.7 Å². The molecule has 0 aromatic carbocycles. The van der Waals surface area contributed by atoms with Crippen molar-refractivity contribution in [3.8, 4) is 0 Å². The second-order valence-corrected chi connectivity index (χ2v) is 23.8. The van der Waals surface area contributed by atoms with Gasteiger partial charge in [-0.2, -0.15) is 0 Å². The van der Waals surface area contributed by atoms with Crippen LogP contribution in [0.2, 0.25) is 0 Å². The Labute approximate surface area is 503 Å². The maximum Gasteiger partial charge on any atom is 0.306 e. The number of hydrogen-bond donors (Lipinski definition) is 0. The lowest BCUT2D eigenvalue weighted by Gasteiger charge is -2.18. The third-order valence-corrected chi connectivity index (χ3v) is 15.7. The fourth-order valence-corrected chi connectivity index (χ4v) is 10.3. The standard InChI is InChI=1S/C75H134O6/c1-4-7-10-13-16-19-22-25-28-31-33-34-35-36-37-38-39-40-42-44-47-50-53-56-59-62-65-68-74(77)80-71-72(70-79-73(76)67-64-61-58-55-52-49-46-43-30-27-24-21-18-15-12-9-6-3)81-75(78)69-66-63-60-57-54-51-48-45-41-32-29-26-23-20-17-14-11-8-5-2/h17,20,22,25-26,29,31,33,35-36,41,45,72H,4-16,18-19,21,23-24,27-28,30,32,34,37-40,42-44,46-71H2,1-3H3/b20-17-,25-22-,29-26-,33-31-,36-35-,45-41-. The van der Waals surface area contributed by atoms with E-state index in [1.165, 1.54) is 231 Å². The predicted molar refractivity (Wildman–Crippen MR) is 353 cm³/mol. The Morgan fingerprint density at radius 3 is 0.716 bits per heavy atom. The lowest BCUT2D eigenvalue weighted by molar-refractivity contribution is -0.167. The number of carbonyl (C=O) groups excluding carboxylic acids is 3. The van der Waals surface area contributed by atoms with Crippen LogP contribution in [0.1, 0.15) is 367 Å². The van der Waals surface area contributed by atoms with Crippen molar-refractivity contribution >= 4 is 17.9 Å². The van der Waals surface area contributed by atoms with Crippen LogP contribution in [0.15, 0.2) is 72.9 Å². The Bertz CT molecular complexity index is 1490.